The Balaban J connectivity index is 1.51. The lowest BCUT2D eigenvalue weighted by Gasteiger charge is -2.19. The number of hydrogen-bond acceptors (Lipinski definition) is 2. The zero-order valence-electron chi connectivity index (χ0n) is 16.4. The van der Waals surface area contributed by atoms with Gasteiger partial charge in [-0.25, -0.2) is 8.78 Å². The van der Waals surface area contributed by atoms with Crippen LogP contribution < -0.4 is 0 Å². The van der Waals surface area contributed by atoms with Crippen LogP contribution in [0, 0.1) is 11.6 Å². The molecular formula is C24H26F2N2. The lowest BCUT2D eigenvalue weighted by Crippen LogP contribution is -2.18. The van der Waals surface area contributed by atoms with Gasteiger partial charge in [0.25, 0.3) is 0 Å². The van der Waals surface area contributed by atoms with E-state index in [4.69, 9.17) is 0 Å². The predicted molar refractivity (Wildman–Crippen MR) is 110 cm³/mol. The van der Waals surface area contributed by atoms with E-state index in [0.717, 1.165) is 24.2 Å². The van der Waals surface area contributed by atoms with E-state index in [2.05, 4.69) is 34.1 Å². The monoisotopic (exact) mass is 380 g/mol. The molecular weight excluding hydrogens is 354 g/mol. The Hall–Kier alpha value is -2.56. The number of hydrogen-bond donors (Lipinski definition) is 0. The highest BCUT2D eigenvalue weighted by molar-refractivity contribution is 5.23. The Bertz CT molecular complexity index is 819. The van der Waals surface area contributed by atoms with Crippen LogP contribution in [0.5, 0.6) is 0 Å². The maximum absolute atomic E-state index is 13.3. The maximum Gasteiger partial charge on any atom is 0.123 e. The van der Waals surface area contributed by atoms with Crippen molar-refractivity contribution in [3.63, 3.8) is 0 Å². The number of benzene rings is 3. The third kappa shape index (κ3) is 6.25. The van der Waals surface area contributed by atoms with E-state index in [1.165, 1.54) is 23.3 Å². The highest BCUT2D eigenvalue weighted by Gasteiger charge is 2.06. The normalized spacial score (nSPS) is 11.4. The molecule has 0 atom stereocenters. The first kappa shape index (κ1) is 20.2. The Kier molecular flexibility index (Phi) is 6.90. The standard InChI is InChI=1S/C24H26F2N2/c1-27(17-21-5-3-7-23(25)13-21)15-19-9-11-20(12-10-19)16-28(2)18-22-6-4-8-24(26)14-22/h3-14H,15-18H2,1-2H3. The van der Waals surface area contributed by atoms with Crippen molar-refractivity contribution in [2.24, 2.45) is 0 Å². The van der Waals surface area contributed by atoms with Crippen molar-refractivity contribution in [3.05, 3.63) is 107 Å². The minimum atomic E-state index is -0.197. The van der Waals surface area contributed by atoms with Gasteiger partial charge in [-0.05, 0) is 60.6 Å². The van der Waals surface area contributed by atoms with E-state index in [9.17, 15) is 8.78 Å². The summed E-state index contributed by atoms with van der Waals surface area (Å²) in [6, 6.07) is 22.0. The summed E-state index contributed by atoms with van der Waals surface area (Å²) in [4.78, 5) is 4.33. The van der Waals surface area contributed by atoms with Gasteiger partial charge in [-0.2, -0.15) is 0 Å². The molecule has 0 fully saturated rings. The van der Waals surface area contributed by atoms with E-state index in [1.807, 2.05) is 26.2 Å². The molecule has 3 aromatic carbocycles. The highest BCUT2D eigenvalue weighted by Crippen LogP contribution is 2.13. The summed E-state index contributed by atoms with van der Waals surface area (Å²) < 4.78 is 26.6. The predicted octanol–water partition coefficient (Wildman–Crippen LogP) is 5.23. The van der Waals surface area contributed by atoms with Gasteiger partial charge < -0.3 is 0 Å². The zero-order chi connectivity index (χ0) is 19.9. The summed E-state index contributed by atoms with van der Waals surface area (Å²) >= 11 is 0. The molecule has 2 nitrogen and oxygen atoms in total. The first-order valence-corrected chi connectivity index (χ1v) is 9.42. The van der Waals surface area contributed by atoms with Crippen molar-refractivity contribution in [2.75, 3.05) is 14.1 Å². The first-order valence-electron chi connectivity index (χ1n) is 9.42. The summed E-state index contributed by atoms with van der Waals surface area (Å²) in [5.41, 5.74) is 4.38. The van der Waals surface area contributed by atoms with Gasteiger partial charge in [-0.1, -0.05) is 48.5 Å². The van der Waals surface area contributed by atoms with Gasteiger partial charge in [-0.15, -0.1) is 0 Å². The van der Waals surface area contributed by atoms with Crippen LogP contribution in [0.15, 0.2) is 72.8 Å². The van der Waals surface area contributed by atoms with Crippen LogP contribution in [0.3, 0.4) is 0 Å². The Labute approximate surface area is 166 Å². The van der Waals surface area contributed by atoms with Crippen LogP contribution >= 0.6 is 0 Å². The summed E-state index contributed by atoms with van der Waals surface area (Å²) in [5, 5.41) is 0. The van der Waals surface area contributed by atoms with E-state index in [0.29, 0.717) is 13.1 Å². The molecule has 0 N–H and O–H groups in total. The molecule has 0 aliphatic rings. The van der Waals surface area contributed by atoms with E-state index < -0.39 is 0 Å². The average Bonchev–Trinajstić information content (AvgIpc) is 2.63. The Morgan fingerprint density at radius 2 is 0.893 bits per heavy atom. The summed E-state index contributed by atoms with van der Waals surface area (Å²) in [5.74, 6) is -0.393. The second kappa shape index (κ2) is 9.58. The molecule has 3 aromatic rings. The van der Waals surface area contributed by atoms with Crippen molar-refractivity contribution < 1.29 is 8.78 Å². The van der Waals surface area contributed by atoms with Gasteiger partial charge in [0.15, 0.2) is 0 Å². The maximum atomic E-state index is 13.3. The molecule has 0 unspecified atom stereocenters. The molecule has 0 aliphatic carbocycles. The van der Waals surface area contributed by atoms with Crippen LogP contribution in [0.25, 0.3) is 0 Å². The molecule has 0 aliphatic heterocycles. The summed E-state index contributed by atoms with van der Waals surface area (Å²) in [7, 11) is 4.07. The molecule has 0 spiro atoms. The molecule has 0 amide bonds. The van der Waals surface area contributed by atoms with Crippen LogP contribution in [0.4, 0.5) is 8.78 Å². The molecule has 0 radical (unpaired) electrons. The highest BCUT2D eigenvalue weighted by atomic mass is 19.1. The van der Waals surface area contributed by atoms with E-state index in [1.54, 1.807) is 24.3 Å². The van der Waals surface area contributed by atoms with Crippen molar-refractivity contribution in [2.45, 2.75) is 26.2 Å². The fourth-order valence-electron chi connectivity index (χ4n) is 3.38. The van der Waals surface area contributed by atoms with Gasteiger partial charge in [0.2, 0.25) is 0 Å². The van der Waals surface area contributed by atoms with Crippen molar-refractivity contribution in [1.29, 1.82) is 0 Å². The van der Waals surface area contributed by atoms with E-state index in [-0.39, 0.29) is 11.6 Å². The molecule has 28 heavy (non-hydrogen) atoms. The molecule has 0 bridgehead atoms. The molecule has 0 saturated heterocycles. The largest absolute Gasteiger partial charge is 0.298 e. The van der Waals surface area contributed by atoms with Crippen LogP contribution in [-0.4, -0.2) is 23.9 Å². The molecule has 0 saturated carbocycles. The zero-order valence-corrected chi connectivity index (χ0v) is 16.4. The minimum absolute atomic E-state index is 0.197. The lowest BCUT2D eigenvalue weighted by atomic mass is 10.1. The molecule has 146 valence electrons. The van der Waals surface area contributed by atoms with Gasteiger partial charge >= 0.3 is 0 Å². The van der Waals surface area contributed by atoms with Gasteiger partial charge in [-0.3, -0.25) is 9.80 Å². The van der Waals surface area contributed by atoms with Gasteiger partial charge in [0.1, 0.15) is 11.6 Å². The third-order valence-electron chi connectivity index (χ3n) is 4.61. The Morgan fingerprint density at radius 3 is 1.25 bits per heavy atom. The SMILES string of the molecule is CN(Cc1ccc(CN(C)Cc2cccc(F)c2)cc1)Cc1cccc(F)c1. The fraction of sp³-hybridized carbons (Fsp3) is 0.250. The van der Waals surface area contributed by atoms with Gasteiger partial charge in [0.05, 0.1) is 0 Å². The molecule has 4 heteroatoms. The summed E-state index contributed by atoms with van der Waals surface area (Å²) in [6.45, 7) is 3.01. The quantitative estimate of drug-likeness (QED) is 0.528. The number of halogens is 2. The lowest BCUT2D eigenvalue weighted by molar-refractivity contribution is 0.315. The van der Waals surface area contributed by atoms with Crippen LogP contribution in [-0.2, 0) is 26.2 Å². The number of rotatable bonds is 8. The van der Waals surface area contributed by atoms with Crippen LogP contribution in [0.1, 0.15) is 22.3 Å². The van der Waals surface area contributed by atoms with Crippen LogP contribution in [0.2, 0.25) is 0 Å². The molecule has 0 aromatic heterocycles. The Morgan fingerprint density at radius 1 is 0.536 bits per heavy atom. The van der Waals surface area contributed by atoms with Crippen molar-refractivity contribution >= 4 is 0 Å². The average molecular weight is 380 g/mol. The smallest absolute Gasteiger partial charge is 0.123 e. The van der Waals surface area contributed by atoms with Crippen molar-refractivity contribution in [3.8, 4) is 0 Å². The molecule has 0 heterocycles. The van der Waals surface area contributed by atoms with Crippen molar-refractivity contribution in [1.82, 2.24) is 9.80 Å². The van der Waals surface area contributed by atoms with Gasteiger partial charge in [0, 0.05) is 26.2 Å². The number of nitrogens with zero attached hydrogens (tertiary/aromatic N) is 2. The first-order chi connectivity index (χ1) is 13.5. The molecule has 3 rings (SSSR count). The second-order valence-electron chi connectivity index (χ2n) is 7.42. The third-order valence-corrected chi connectivity index (χ3v) is 4.61. The van der Waals surface area contributed by atoms with E-state index >= 15 is 0 Å². The topological polar surface area (TPSA) is 6.48 Å². The minimum Gasteiger partial charge on any atom is -0.298 e. The second-order valence-corrected chi connectivity index (χ2v) is 7.42. The fourth-order valence-corrected chi connectivity index (χ4v) is 3.38. The summed E-state index contributed by atoms with van der Waals surface area (Å²) in [6.07, 6.45) is 0.